The number of carbonyl (C=O) groups excluding carboxylic acids is 2. The van der Waals surface area contributed by atoms with Crippen molar-refractivity contribution >= 4 is 23.2 Å². The molecule has 148 valence electrons. The van der Waals surface area contributed by atoms with Crippen LogP contribution in [0.4, 0.5) is 11.4 Å². The van der Waals surface area contributed by atoms with E-state index in [1.165, 1.54) is 5.56 Å². The van der Waals surface area contributed by atoms with Gasteiger partial charge in [-0.05, 0) is 56.5 Å². The van der Waals surface area contributed by atoms with Gasteiger partial charge in [0.2, 0.25) is 5.91 Å². The van der Waals surface area contributed by atoms with Gasteiger partial charge in [-0.25, -0.2) is 0 Å². The van der Waals surface area contributed by atoms with Gasteiger partial charge >= 0.3 is 0 Å². The number of benzene rings is 2. The van der Waals surface area contributed by atoms with Gasteiger partial charge in [0.15, 0.2) is 0 Å². The minimum atomic E-state index is -0.599. The minimum absolute atomic E-state index is 0.0564. The summed E-state index contributed by atoms with van der Waals surface area (Å²) in [5.74, 6) is 0.505. The summed E-state index contributed by atoms with van der Waals surface area (Å²) in [5.41, 5.74) is 2.60. The Morgan fingerprint density at radius 1 is 1.14 bits per heavy atom. The van der Waals surface area contributed by atoms with E-state index in [2.05, 4.69) is 12.2 Å². The molecule has 0 spiro atoms. The van der Waals surface area contributed by atoms with Crippen molar-refractivity contribution in [1.82, 2.24) is 0 Å². The Labute approximate surface area is 166 Å². The van der Waals surface area contributed by atoms with E-state index in [0.717, 1.165) is 18.5 Å². The quantitative estimate of drug-likeness (QED) is 0.820. The molecule has 0 radical (unpaired) electrons. The van der Waals surface area contributed by atoms with Gasteiger partial charge in [-0.2, -0.15) is 0 Å². The Bertz CT molecular complexity index is 872. The molecule has 0 bridgehead atoms. The number of hydrogen-bond donors (Lipinski definition) is 1. The first-order chi connectivity index (χ1) is 13.4. The number of nitrogens with zero attached hydrogens (tertiary/aromatic N) is 1. The van der Waals surface area contributed by atoms with Gasteiger partial charge in [-0.3, -0.25) is 9.59 Å². The average Bonchev–Trinajstić information content (AvgIpc) is 2.78. The maximum atomic E-state index is 12.9. The van der Waals surface area contributed by atoms with Crippen LogP contribution in [0, 0.1) is 5.41 Å². The molecule has 0 saturated carbocycles. The maximum Gasteiger partial charge on any atom is 0.255 e. The van der Waals surface area contributed by atoms with Crippen molar-refractivity contribution in [2.24, 2.45) is 5.41 Å². The van der Waals surface area contributed by atoms with Gasteiger partial charge in [0, 0.05) is 23.9 Å². The Balaban J connectivity index is 1.85. The highest BCUT2D eigenvalue weighted by Gasteiger charge is 2.37. The van der Waals surface area contributed by atoms with E-state index < -0.39 is 5.41 Å². The molecule has 1 aliphatic heterocycles. The zero-order chi connectivity index (χ0) is 20.3. The molecule has 0 aromatic heterocycles. The Morgan fingerprint density at radius 2 is 1.86 bits per heavy atom. The highest BCUT2D eigenvalue weighted by atomic mass is 16.5. The van der Waals surface area contributed by atoms with Crippen LogP contribution >= 0.6 is 0 Å². The largest absolute Gasteiger partial charge is 0.490 e. The number of rotatable bonds is 5. The predicted octanol–water partition coefficient (Wildman–Crippen LogP) is 4.66. The third-order valence-corrected chi connectivity index (χ3v) is 4.99. The molecule has 0 aliphatic carbocycles. The lowest BCUT2D eigenvalue weighted by atomic mass is 9.93. The second-order valence-electron chi connectivity index (χ2n) is 7.82. The number of anilines is 2. The van der Waals surface area contributed by atoms with Crippen molar-refractivity contribution in [1.29, 1.82) is 0 Å². The number of ether oxygens (including phenoxy) is 1. The summed E-state index contributed by atoms with van der Waals surface area (Å²) < 4.78 is 5.96. The number of amides is 2. The monoisotopic (exact) mass is 380 g/mol. The molecule has 1 N–H and O–H groups in total. The van der Waals surface area contributed by atoms with Crippen molar-refractivity contribution in [3.05, 3.63) is 53.6 Å². The zero-order valence-electron chi connectivity index (χ0n) is 17.0. The Morgan fingerprint density at radius 3 is 2.50 bits per heavy atom. The molecular formula is C23H28N2O3. The molecular weight excluding hydrogens is 352 g/mol. The van der Waals surface area contributed by atoms with Gasteiger partial charge < -0.3 is 15.0 Å². The molecule has 1 aliphatic rings. The fraction of sp³-hybridized carbons (Fsp3) is 0.391. The molecule has 28 heavy (non-hydrogen) atoms. The molecule has 2 aromatic carbocycles. The molecule has 3 rings (SSSR count). The second kappa shape index (κ2) is 8.05. The van der Waals surface area contributed by atoms with Gasteiger partial charge in [-0.15, -0.1) is 0 Å². The van der Waals surface area contributed by atoms with E-state index in [4.69, 9.17) is 4.74 Å². The Kier molecular flexibility index (Phi) is 5.73. The standard InChI is InChI=1S/C23H28N2O3/c1-5-13-25-19-12-11-18(14-20(19)28-15-23(3,4)22(25)27)24-21(26)17-9-7-16(6-2)8-10-17/h7-12,14H,5-6,13,15H2,1-4H3,(H,24,26). The average molecular weight is 380 g/mol. The number of nitrogens with one attached hydrogen (secondary N) is 1. The van der Waals surface area contributed by atoms with E-state index in [0.29, 0.717) is 30.2 Å². The molecule has 5 nitrogen and oxygen atoms in total. The summed E-state index contributed by atoms with van der Waals surface area (Å²) in [5, 5.41) is 2.92. The molecule has 2 aromatic rings. The molecule has 0 atom stereocenters. The molecule has 0 fully saturated rings. The van der Waals surface area contributed by atoms with Gasteiger partial charge in [0.25, 0.3) is 5.91 Å². The van der Waals surface area contributed by atoms with Crippen LogP contribution in [-0.2, 0) is 11.2 Å². The summed E-state index contributed by atoms with van der Waals surface area (Å²) >= 11 is 0. The third kappa shape index (κ3) is 4.03. The van der Waals surface area contributed by atoms with Crippen molar-refractivity contribution < 1.29 is 14.3 Å². The summed E-state index contributed by atoms with van der Waals surface area (Å²) in [6, 6.07) is 13.0. The Hall–Kier alpha value is -2.82. The fourth-order valence-corrected chi connectivity index (χ4v) is 3.27. The molecule has 0 saturated heterocycles. The number of carbonyl (C=O) groups is 2. The van der Waals surface area contributed by atoms with Crippen molar-refractivity contribution in [2.45, 2.75) is 40.5 Å². The normalized spacial score (nSPS) is 15.4. The molecule has 1 heterocycles. The zero-order valence-corrected chi connectivity index (χ0v) is 17.0. The van der Waals surface area contributed by atoms with Crippen LogP contribution in [-0.4, -0.2) is 25.0 Å². The highest BCUT2D eigenvalue weighted by Crippen LogP contribution is 2.38. The van der Waals surface area contributed by atoms with E-state index in [1.54, 1.807) is 11.0 Å². The van der Waals surface area contributed by atoms with Crippen LogP contribution < -0.4 is 15.0 Å². The first kappa shape index (κ1) is 19.9. The maximum absolute atomic E-state index is 12.9. The first-order valence-electron chi connectivity index (χ1n) is 9.85. The number of hydrogen-bond acceptors (Lipinski definition) is 3. The smallest absolute Gasteiger partial charge is 0.255 e. The van der Waals surface area contributed by atoms with E-state index in [-0.39, 0.29) is 11.8 Å². The summed E-state index contributed by atoms with van der Waals surface area (Å²) in [6.07, 6.45) is 1.79. The molecule has 5 heteroatoms. The number of fused-ring (bicyclic) bond motifs is 1. The van der Waals surface area contributed by atoms with Crippen LogP contribution in [0.15, 0.2) is 42.5 Å². The lowest BCUT2D eigenvalue weighted by Gasteiger charge is -2.27. The van der Waals surface area contributed by atoms with E-state index in [1.807, 2.05) is 57.2 Å². The highest BCUT2D eigenvalue weighted by molar-refractivity contribution is 6.05. The lowest BCUT2D eigenvalue weighted by molar-refractivity contribution is -0.127. The van der Waals surface area contributed by atoms with Crippen LogP contribution in [0.25, 0.3) is 0 Å². The minimum Gasteiger partial charge on any atom is -0.490 e. The van der Waals surface area contributed by atoms with Crippen LogP contribution in [0.1, 0.15) is 50.0 Å². The summed E-state index contributed by atoms with van der Waals surface area (Å²) in [4.78, 5) is 27.2. The van der Waals surface area contributed by atoms with Crippen molar-refractivity contribution in [3.8, 4) is 5.75 Å². The van der Waals surface area contributed by atoms with E-state index >= 15 is 0 Å². The first-order valence-corrected chi connectivity index (χ1v) is 9.85. The van der Waals surface area contributed by atoms with Crippen LogP contribution in [0.3, 0.4) is 0 Å². The molecule has 2 amide bonds. The fourth-order valence-electron chi connectivity index (χ4n) is 3.27. The lowest BCUT2D eigenvalue weighted by Crippen LogP contribution is -2.42. The topological polar surface area (TPSA) is 58.6 Å². The van der Waals surface area contributed by atoms with Crippen molar-refractivity contribution in [2.75, 3.05) is 23.4 Å². The van der Waals surface area contributed by atoms with Crippen LogP contribution in [0.5, 0.6) is 5.75 Å². The van der Waals surface area contributed by atoms with Gasteiger partial charge in [0.05, 0.1) is 11.1 Å². The third-order valence-electron chi connectivity index (χ3n) is 4.99. The SMILES string of the molecule is CCCN1C(=O)C(C)(C)COc2cc(NC(=O)c3ccc(CC)cc3)ccc21. The van der Waals surface area contributed by atoms with Gasteiger partial charge in [0.1, 0.15) is 12.4 Å². The summed E-state index contributed by atoms with van der Waals surface area (Å²) in [6.45, 7) is 8.85. The summed E-state index contributed by atoms with van der Waals surface area (Å²) in [7, 11) is 0. The van der Waals surface area contributed by atoms with Gasteiger partial charge in [-0.1, -0.05) is 26.0 Å². The van der Waals surface area contributed by atoms with Crippen molar-refractivity contribution in [3.63, 3.8) is 0 Å². The second-order valence-corrected chi connectivity index (χ2v) is 7.82. The van der Waals surface area contributed by atoms with Crippen LogP contribution in [0.2, 0.25) is 0 Å². The molecule has 0 unspecified atom stereocenters. The van der Waals surface area contributed by atoms with E-state index in [9.17, 15) is 9.59 Å². The predicted molar refractivity (Wildman–Crippen MR) is 112 cm³/mol. The number of aryl methyl sites for hydroxylation is 1.